The van der Waals surface area contributed by atoms with Gasteiger partial charge in [-0.2, -0.15) is 5.26 Å². The Labute approximate surface area is 158 Å². The van der Waals surface area contributed by atoms with Crippen LogP contribution in [0.3, 0.4) is 0 Å². The van der Waals surface area contributed by atoms with E-state index in [1.54, 1.807) is 18.3 Å². The second-order valence-electron chi connectivity index (χ2n) is 7.76. The van der Waals surface area contributed by atoms with Crippen molar-refractivity contribution in [2.45, 2.75) is 56.6 Å². The average Bonchev–Trinajstić information content (AvgIpc) is 3.29. The summed E-state index contributed by atoms with van der Waals surface area (Å²) in [6, 6.07) is 5.80. The predicted octanol–water partition coefficient (Wildman–Crippen LogP) is 1.91. The van der Waals surface area contributed by atoms with E-state index in [-0.39, 0.29) is 30.3 Å². The van der Waals surface area contributed by atoms with E-state index in [0.29, 0.717) is 11.4 Å². The van der Waals surface area contributed by atoms with Crippen molar-refractivity contribution in [1.29, 1.82) is 5.26 Å². The molecule has 1 saturated carbocycles. The Kier molecular flexibility index (Phi) is 4.73. The summed E-state index contributed by atoms with van der Waals surface area (Å²) in [5, 5.41) is 12.4. The van der Waals surface area contributed by atoms with Crippen LogP contribution in [-0.4, -0.2) is 41.6 Å². The molecule has 0 bridgehead atoms. The number of nitriles is 1. The van der Waals surface area contributed by atoms with Gasteiger partial charge in [0.05, 0.1) is 17.9 Å². The van der Waals surface area contributed by atoms with Gasteiger partial charge in [-0.05, 0) is 50.7 Å². The lowest BCUT2D eigenvalue weighted by atomic mass is 9.84. The number of hydrogen-bond donors (Lipinski definition) is 1. The molecule has 1 amide bonds. The molecule has 1 N–H and O–H groups in total. The van der Waals surface area contributed by atoms with Crippen LogP contribution in [0.5, 0.6) is 0 Å². The van der Waals surface area contributed by atoms with Crippen molar-refractivity contribution in [1.82, 2.24) is 10.3 Å². The standard InChI is InChI=1S/C20H24N4O3/c21-13-14-4-3-9-22-18(14)24-10-5-15(6-11-24)23-19(26)16-12-17(25)27-20(16)7-1-2-8-20/h3-4,9,15-16H,1-2,5-8,10-12H2,(H,23,26)/t16-/m0/s1. The van der Waals surface area contributed by atoms with Gasteiger partial charge in [0.15, 0.2) is 0 Å². The van der Waals surface area contributed by atoms with E-state index in [4.69, 9.17) is 4.74 Å². The molecule has 3 aliphatic rings. The summed E-state index contributed by atoms with van der Waals surface area (Å²) in [5.74, 6) is 0.0683. The van der Waals surface area contributed by atoms with Crippen molar-refractivity contribution in [3.63, 3.8) is 0 Å². The predicted molar refractivity (Wildman–Crippen MR) is 97.7 cm³/mol. The van der Waals surface area contributed by atoms with Crippen LogP contribution in [0, 0.1) is 17.2 Å². The minimum atomic E-state index is -0.558. The third-order valence-corrected chi connectivity index (χ3v) is 6.14. The molecule has 142 valence electrons. The number of amides is 1. The van der Waals surface area contributed by atoms with Gasteiger partial charge < -0.3 is 15.0 Å². The Morgan fingerprint density at radius 3 is 2.78 bits per heavy atom. The quantitative estimate of drug-likeness (QED) is 0.819. The largest absolute Gasteiger partial charge is 0.458 e. The molecule has 1 spiro atoms. The number of nitrogens with one attached hydrogen (secondary N) is 1. The van der Waals surface area contributed by atoms with Crippen LogP contribution in [0.1, 0.15) is 50.5 Å². The van der Waals surface area contributed by atoms with Gasteiger partial charge in [0, 0.05) is 25.3 Å². The second kappa shape index (κ2) is 7.18. The number of aromatic nitrogens is 1. The molecule has 1 aliphatic carbocycles. The van der Waals surface area contributed by atoms with Crippen LogP contribution in [0.25, 0.3) is 0 Å². The molecule has 0 radical (unpaired) electrons. The summed E-state index contributed by atoms with van der Waals surface area (Å²) >= 11 is 0. The molecule has 0 unspecified atom stereocenters. The number of rotatable bonds is 3. The summed E-state index contributed by atoms with van der Waals surface area (Å²) in [7, 11) is 0. The zero-order valence-corrected chi connectivity index (χ0v) is 15.3. The van der Waals surface area contributed by atoms with Crippen molar-refractivity contribution in [2.75, 3.05) is 18.0 Å². The first-order chi connectivity index (χ1) is 13.1. The first kappa shape index (κ1) is 17.8. The number of carbonyl (C=O) groups excluding carboxylic acids is 2. The van der Waals surface area contributed by atoms with E-state index >= 15 is 0 Å². The Bertz CT molecular complexity index is 774. The number of ether oxygens (including phenoxy) is 1. The van der Waals surface area contributed by atoms with Gasteiger partial charge in [-0.15, -0.1) is 0 Å². The van der Waals surface area contributed by atoms with E-state index in [1.165, 1.54) is 0 Å². The van der Waals surface area contributed by atoms with Crippen molar-refractivity contribution in [3.8, 4) is 6.07 Å². The summed E-state index contributed by atoms with van der Waals surface area (Å²) in [6.07, 6.45) is 7.11. The Hall–Kier alpha value is -2.62. The molecule has 3 heterocycles. The van der Waals surface area contributed by atoms with Gasteiger partial charge in [-0.1, -0.05) is 0 Å². The van der Waals surface area contributed by atoms with E-state index in [9.17, 15) is 14.9 Å². The number of esters is 1. The highest BCUT2D eigenvalue weighted by Gasteiger charge is 2.54. The number of hydrogen-bond acceptors (Lipinski definition) is 6. The average molecular weight is 368 g/mol. The van der Waals surface area contributed by atoms with Gasteiger partial charge in [0.1, 0.15) is 17.5 Å². The molecular weight excluding hydrogens is 344 g/mol. The second-order valence-corrected chi connectivity index (χ2v) is 7.76. The monoisotopic (exact) mass is 368 g/mol. The summed E-state index contributed by atoms with van der Waals surface area (Å²) in [6.45, 7) is 1.48. The first-order valence-electron chi connectivity index (χ1n) is 9.73. The minimum Gasteiger partial charge on any atom is -0.458 e. The number of piperidine rings is 1. The third-order valence-electron chi connectivity index (χ3n) is 6.14. The van der Waals surface area contributed by atoms with Gasteiger partial charge >= 0.3 is 5.97 Å². The van der Waals surface area contributed by atoms with Crippen LogP contribution in [0.4, 0.5) is 5.82 Å². The van der Waals surface area contributed by atoms with E-state index in [0.717, 1.165) is 51.6 Å². The molecule has 7 heteroatoms. The van der Waals surface area contributed by atoms with E-state index < -0.39 is 5.60 Å². The third kappa shape index (κ3) is 3.36. The van der Waals surface area contributed by atoms with Crippen LogP contribution in [0.15, 0.2) is 18.3 Å². The highest BCUT2D eigenvalue weighted by atomic mass is 16.6. The van der Waals surface area contributed by atoms with Gasteiger partial charge in [0.25, 0.3) is 0 Å². The fraction of sp³-hybridized carbons (Fsp3) is 0.600. The SMILES string of the molecule is N#Cc1cccnc1N1CCC(NC(=O)[C@@H]2CC(=O)OC23CCCC3)CC1. The fourth-order valence-corrected chi connectivity index (χ4v) is 4.72. The number of nitrogens with zero attached hydrogens (tertiary/aromatic N) is 3. The maximum atomic E-state index is 12.9. The van der Waals surface area contributed by atoms with Crippen LogP contribution >= 0.6 is 0 Å². The van der Waals surface area contributed by atoms with E-state index in [1.807, 2.05) is 0 Å². The van der Waals surface area contributed by atoms with Crippen molar-refractivity contribution >= 4 is 17.7 Å². The summed E-state index contributed by atoms with van der Waals surface area (Å²) < 4.78 is 5.59. The van der Waals surface area contributed by atoms with Gasteiger partial charge in [0.2, 0.25) is 5.91 Å². The van der Waals surface area contributed by atoms with Crippen LogP contribution < -0.4 is 10.2 Å². The maximum absolute atomic E-state index is 12.9. The molecule has 1 atom stereocenters. The highest BCUT2D eigenvalue weighted by Crippen LogP contribution is 2.45. The normalized spacial score (nSPS) is 24.6. The van der Waals surface area contributed by atoms with Crippen molar-refractivity contribution in [2.24, 2.45) is 5.92 Å². The first-order valence-corrected chi connectivity index (χ1v) is 9.73. The smallest absolute Gasteiger partial charge is 0.307 e. The Balaban J connectivity index is 1.36. The molecule has 1 aromatic rings. The molecule has 3 fully saturated rings. The zero-order chi connectivity index (χ0) is 18.9. The fourth-order valence-electron chi connectivity index (χ4n) is 4.72. The van der Waals surface area contributed by atoms with E-state index in [2.05, 4.69) is 21.3 Å². The van der Waals surface area contributed by atoms with Crippen molar-refractivity contribution < 1.29 is 14.3 Å². The summed E-state index contributed by atoms with van der Waals surface area (Å²) in [4.78, 5) is 31.1. The Morgan fingerprint density at radius 1 is 1.33 bits per heavy atom. The van der Waals surface area contributed by atoms with Crippen molar-refractivity contribution in [3.05, 3.63) is 23.9 Å². The van der Waals surface area contributed by atoms with Crippen LogP contribution in [-0.2, 0) is 14.3 Å². The molecule has 7 nitrogen and oxygen atoms in total. The molecule has 0 aromatic carbocycles. The van der Waals surface area contributed by atoms with Gasteiger partial charge in [-0.3, -0.25) is 9.59 Å². The lowest BCUT2D eigenvalue weighted by molar-refractivity contribution is -0.150. The minimum absolute atomic E-state index is 0.0447. The maximum Gasteiger partial charge on any atom is 0.307 e. The highest BCUT2D eigenvalue weighted by molar-refractivity contribution is 5.88. The summed E-state index contributed by atoms with van der Waals surface area (Å²) in [5.41, 5.74) is 0.0159. The molecule has 4 rings (SSSR count). The topological polar surface area (TPSA) is 95.3 Å². The number of pyridine rings is 1. The zero-order valence-electron chi connectivity index (χ0n) is 15.3. The lowest BCUT2D eigenvalue weighted by Crippen LogP contribution is -2.49. The molecule has 27 heavy (non-hydrogen) atoms. The van der Waals surface area contributed by atoms with Gasteiger partial charge in [-0.25, -0.2) is 4.98 Å². The lowest BCUT2D eigenvalue weighted by Gasteiger charge is -2.35. The molecule has 1 aromatic heterocycles. The molecule has 2 saturated heterocycles. The Morgan fingerprint density at radius 2 is 2.07 bits per heavy atom. The number of anilines is 1. The van der Waals surface area contributed by atoms with Crippen LogP contribution in [0.2, 0.25) is 0 Å². The number of carbonyl (C=O) groups is 2. The molecule has 2 aliphatic heterocycles. The molecular formula is C20H24N4O3.